The fourth-order valence-electron chi connectivity index (χ4n) is 2.58. The summed E-state index contributed by atoms with van der Waals surface area (Å²) >= 11 is 0. The molecule has 0 saturated heterocycles. The van der Waals surface area contributed by atoms with Gasteiger partial charge in [0, 0.05) is 38.0 Å². The van der Waals surface area contributed by atoms with Gasteiger partial charge in [0.1, 0.15) is 5.78 Å². The first-order chi connectivity index (χ1) is 10.2. The lowest BCUT2D eigenvalue weighted by molar-refractivity contribution is -0.123. The van der Waals surface area contributed by atoms with E-state index in [-0.39, 0.29) is 24.2 Å². The molecule has 2 heterocycles. The number of aryl methyl sites for hydroxylation is 2. The molecule has 1 aliphatic heterocycles. The van der Waals surface area contributed by atoms with Crippen LogP contribution in [0.2, 0.25) is 0 Å². The number of carbonyl (C=O) groups excluding carboxylic acids is 2. The summed E-state index contributed by atoms with van der Waals surface area (Å²) in [6.07, 6.45) is 6.27. The molecule has 0 saturated carbocycles. The van der Waals surface area contributed by atoms with Crippen LogP contribution < -0.4 is 11.1 Å². The maximum atomic E-state index is 11.8. The number of nitrogens with zero attached hydrogens (tertiary/aromatic N) is 3. The van der Waals surface area contributed by atoms with Crippen molar-refractivity contribution in [3.63, 3.8) is 0 Å². The summed E-state index contributed by atoms with van der Waals surface area (Å²) < 4.78 is 1.80. The second-order valence-corrected chi connectivity index (χ2v) is 5.47. The summed E-state index contributed by atoms with van der Waals surface area (Å²) in [5, 5.41) is 11.0. The fraction of sp³-hybridized carbons (Fsp3) is 0.714. The van der Waals surface area contributed by atoms with E-state index < -0.39 is 0 Å². The maximum Gasteiger partial charge on any atom is 0.220 e. The number of fused-ring (bicyclic) bond motifs is 2. The van der Waals surface area contributed by atoms with Gasteiger partial charge < -0.3 is 11.1 Å². The molecule has 3 N–H and O–H groups in total. The quantitative estimate of drug-likeness (QED) is 0.801. The third-order valence-electron chi connectivity index (χ3n) is 3.86. The van der Waals surface area contributed by atoms with Gasteiger partial charge in [0.05, 0.1) is 12.2 Å². The van der Waals surface area contributed by atoms with Gasteiger partial charge in [0.25, 0.3) is 0 Å². The topological polar surface area (TPSA) is 103 Å². The molecule has 116 valence electrons. The molecule has 1 aromatic rings. The predicted octanol–water partition coefficient (Wildman–Crippen LogP) is 0.0449. The molecule has 21 heavy (non-hydrogen) atoms. The van der Waals surface area contributed by atoms with Crippen molar-refractivity contribution < 1.29 is 9.59 Å². The lowest BCUT2D eigenvalue weighted by Gasteiger charge is -2.15. The highest BCUT2D eigenvalue weighted by atomic mass is 16.1. The second kappa shape index (κ2) is 7.87. The van der Waals surface area contributed by atoms with Crippen molar-refractivity contribution in [2.45, 2.75) is 45.1 Å². The summed E-state index contributed by atoms with van der Waals surface area (Å²) in [7, 11) is 0. The molecule has 1 aliphatic rings. The average molecular weight is 293 g/mol. The number of rotatable bonds is 2. The van der Waals surface area contributed by atoms with E-state index in [0.29, 0.717) is 25.8 Å². The lowest BCUT2D eigenvalue weighted by Crippen LogP contribution is -2.30. The van der Waals surface area contributed by atoms with Crippen LogP contribution in [0.15, 0.2) is 6.20 Å². The number of aromatic nitrogens is 3. The highest BCUT2D eigenvalue weighted by molar-refractivity contribution is 5.82. The molecule has 0 aromatic carbocycles. The first-order valence-electron chi connectivity index (χ1n) is 7.57. The first kappa shape index (κ1) is 15.6. The summed E-state index contributed by atoms with van der Waals surface area (Å²) in [5.41, 5.74) is 6.31. The fourth-order valence-corrected chi connectivity index (χ4v) is 2.58. The number of Topliss-reactive ketones (excluding diaryl/α,β-unsaturated/α-hetero) is 1. The van der Waals surface area contributed by atoms with Crippen LogP contribution in [-0.2, 0) is 22.6 Å². The molecule has 7 heteroatoms. The Morgan fingerprint density at radius 3 is 3.05 bits per heavy atom. The molecular weight excluding hydrogens is 270 g/mol. The Labute approximate surface area is 124 Å². The Balaban J connectivity index is 1.98. The molecule has 1 amide bonds. The molecule has 0 aliphatic carbocycles. The van der Waals surface area contributed by atoms with Gasteiger partial charge in [0.15, 0.2) is 0 Å². The molecule has 0 spiro atoms. The van der Waals surface area contributed by atoms with Crippen LogP contribution in [0, 0.1) is 5.92 Å². The van der Waals surface area contributed by atoms with E-state index in [2.05, 4.69) is 15.6 Å². The molecule has 2 bridgehead atoms. The van der Waals surface area contributed by atoms with Gasteiger partial charge in [-0.05, 0) is 19.3 Å². The van der Waals surface area contributed by atoms with Crippen LogP contribution in [0.5, 0.6) is 0 Å². The molecule has 0 fully saturated rings. The third-order valence-corrected chi connectivity index (χ3v) is 3.86. The van der Waals surface area contributed by atoms with Crippen LogP contribution in [0.1, 0.15) is 37.8 Å². The third kappa shape index (κ3) is 4.93. The molecule has 1 unspecified atom stereocenters. The van der Waals surface area contributed by atoms with E-state index in [0.717, 1.165) is 31.5 Å². The predicted molar refractivity (Wildman–Crippen MR) is 77.4 cm³/mol. The molecule has 1 atom stereocenters. The SMILES string of the molecule is NCC(=O)C1CCCCn2cc(nn2)CCC(=O)NCC1. The van der Waals surface area contributed by atoms with Gasteiger partial charge in [0.2, 0.25) is 5.91 Å². The normalized spacial score (nSPS) is 21.4. The van der Waals surface area contributed by atoms with Gasteiger partial charge in [-0.3, -0.25) is 14.3 Å². The highest BCUT2D eigenvalue weighted by Crippen LogP contribution is 2.14. The molecular formula is C14H23N5O2. The van der Waals surface area contributed by atoms with Gasteiger partial charge in [-0.1, -0.05) is 11.6 Å². The zero-order valence-electron chi connectivity index (χ0n) is 12.3. The van der Waals surface area contributed by atoms with Gasteiger partial charge in [-0.25, -0.2) is 0 Å². The number of hydrogen-bond acceptors (Lipinski definition) is 5. The summed E-state index contributed by atoms with van der Waals surface area (Å²) in [6, 6.07) is 0. The average Bonchev–Trinajstić information content (AvgIpc) is 2.94. The van der Waals surface area contributed by atoms with Crippen LogP contribution in [0.3, 0.4) is 0 Å². The Morgan fingerprint density at radius 2 is 2.24 bits per heavy atom. The largest absolute Gasteiger partial charge is 0.356 e. The number of ketones is 1. The number of hydrogen-bond donors (Lipinski definition) is 2. The molecule has 0 radical (unpaired) electrons. The number of amides is 1. The van der Waals surface area contributed by atoms with Crippen LogP contribution >= 0.6 is 0 Å². The summed E-state index contributed by atoms with van der Waals surface area (Å²) in [4.78, 5) is 23.6. The van der Waals surface area contributed by atoms with E-state index in [4.69, 9.17) is 5.73 Å². The second-order valence-electron chi connectivity index (χ2n) is 5.47. The lowest BCUT2D eigenvalue weighted by atomic mass is 9.93. The van der Waals surface area contributed by atoms with Crippen molar-refractivity contribution in [2.24, 2.45) is 11.7 Å². The van der Waals surface area contributed by atoms with E-state index in [1.807, 2.05) is 6.20 Å². The molecule has 2 rings (SSSR count). The Morgan fingerprint density at radius 1 is 1.38 bits per heavy atom. The van der Waals surface area contributed by atoms with Crippen LogP contribution in [0.25, 0.3) is 0 Å². The maximum absolute atomic E-state index is 11.8. The van der Waals surface area contributed by atoms with Crippen molar-refractivity contribution in [2.75, 3.05) is 13.1 Å². The van der Waals surface area contributed by atoms with E-state index >= 15 is 0 Å². The smallest absolute Gasteiger partial charge is 0.220 e. The van der Waals surface area contributed by atoms with Gasteiger partial charge >= 0.3 is 0 Å². The van der Waals surface area contributed by atoms with Gasteiger partial charge in [-0.15, -0.1) is 5.10 Å². The monoisotopic (exact) mass is 293 g/mol. The standard InChI is InChI=1S/C14H23N5O2/c15-9-13(20)11-3-1-2-8-19-10-12(17-18-19)4-5-14(21)16-7-6-11/h10-11H,1-9,15H2,(H,16,21). The Kier molecular flexibility index (Phi) is 5.86. The van der Waals surface area contributed by atoms with Crippen LogP contribution in [0.4, 0.5) is 0 Å². The van der Waals surface area contributed by atoms with Crippen molar-refractivity contribution in [1.82, 2.24) is 20.3 Å². The van der Waals surface area contributed by atoms with Crippen molar-refractivity contribution in [3.8, 4) is 0 Å². The van der Waals surface area contributed by atoms with Crippen LogP contribution in [-0.4, -0.2) is 39.8 Å². The van der Waals surface area contributed by atoms with E-state index in [1.54, 1.807) is 4.68 Å². The number of carbonyl (C=O) groups is 2. The molecule has 7 nitrogen and oxygen atoms in total. The minimum absolute atomic E-state index is 0.0134. The zero-order chi connectivity index (χ0) is 15.1. The van der Waals surface area contributed by atoms with Gasteiger partial charge in [-0.2, -0.15) is 0 Å². The number of nitrogens with two attached hydrogens (primary N) is 1. The highest BCUT2D eigenvalue weighted by Gasteiger charge is 2.17. The van der Waals surface area contributed by atoms with Crippen molar-refractivity contribution >= 4 is 11.7 Å². The molecule has 1 aromatic heterocycles. The van der Waals surface area contributed by atoms with E-state index in [9.17, 15) is 9.59 Å². The Bertz CT molecular complexity index is 485. The number of nitrogens with one attached hydrogen (secondary N) is 1. The summed E-state index contributed by atoms with van der Waals surface area (Å²) in [6.45, 7) is 1.40. The van der Waals surface area contributed by atoms with Crippen molar-refractivity contribution in [1.29, 1.82) is 0 Å². The van der Waals surface area contributed by atoms with Crippen molar-refractivity contribution in [3.05, 3.63) is 11.9 Å². The Hall–Kier alpha value is -1.76. The minimum Gasteiger partial charge on any atom is -0.356 e. The minimum atomic E-state index is -0.0513. The van der Waals surface area contributed by atoms with E-state index in [1.165, 1.54) is 0 Å². The zero-order valence-corrected chi connectivity index (χ0v) is 12.3. The summed E-state index contributed by atoms with van der Waals surface area (Å²) in [5.74, 6) is 0.0180. The first-order valence-corrected chi connectivity index (χ1v) is 7.57.